The van der Waals surface area contributed by atoms with Crippen LogP contribution >= 0.6 is 11.6 Å². The molecule has 0 saturated carbocycles. The number of hydrogen-bond acceptors (Lipinski definition) is 2. The van der Waals surface area contributed by atoms with Gasteiger partial charge < -0.3 is 10.0 Å². The molecule has 1 amide bonds. The lowest BCUT2D eigenvalue weighted by Crippen LogP contribution is -2.15. The van der Waals surface area contributed by atoms with E-state index in [1.807, 2.05) is 0 Å². The molecule has 9 heteroatoms. The Bertz CT molecular complexity index is 1100. The van der Waals surface area contributed by atoms with Gasteiger partial charge in [0.2, 0.25) is 0 Å². The van der Waals surface area contributed by atoms with Crippen molar-refractivity contribution >= 4 is 39.9 Å². The Morgan fingerprint density at radius 3 is 2.33 bits per heavy atom. The molecule has 0 fully saturated rings. The second-order valence-corrected chi connectivity index (χ2v) is 8.04. The zero-order valence-electron chi connectivity index (χ0n) is 15.6. The van der Waals surface area contributed by atoms with Crippen LogP contribution < -0.4 is 10.0 Å². The lowest BCUT2D eigenvalue weighted by molar-refractivity contribution is -0.137. The topological polar surface area (TPSA) is 58.2 Å². The molecular formula is C21H16ClF3N2O2S. The van der Waals surface area contributed by atoms with E-state index < -0.39 is 28.6 Å². The second-order valence-electron chi connectivity index (χ2n) is 6.39. The van der Waals surface area contributed by atoms with Gasteiger partial charge in [-0.05, 0) is 67.1 Å². The summed E-state index contributed by atoms with van der Waals surface area (Å²) >= 11 is 5.83. The molecule has 0 aliphatic carbocycles. The summed E-state index contributed by atoms with van der Waals surface area (Å²) < 4.78 is 54.0. The SMILES string of the molecule is Cc1ccc(S(=O)Nc2ccc(Cl)cc2)cc1C(=O)Nc1cccc(C(F)(F)F)c1. The summed E-state index contributed by atoms with van der Waals surface area (Å²) in [6, 6.07) is 15.6. The number of anilines is 2. The lowest BCUT2D eigenvalue weighted by Gasteiger charge is -2.12. The molecule has 0 heterocycles. The van der Waals surface area contributed by atoms with E-state index in [4.69, 9.17) is 11.6 Å². The van der Waals surface area contributed by atoms with Crippen molar-refractivity contribution in [3.63, 3.8) is 0 Å². The van der Waals surface area contributed by atoms with Crippen LogP contribution in [0.4, 0.5) is 24.5 Å². The number of rotatable bonds is 5. The first-order valence-electron chi connectivity index (χ1n) is 8.67. The summed E-state index contributed by atoms with van der Waals surface area (Å²) in [5, 5.41) is 3.00. The van der Waals surface area contributed by atoms with Crippen LogP contribution in [-0.2, 0) is 17.2 Å². The van der Waals surface area contributed by atoms with Crippen LogP contribution in [0.3, 0.4) is 0 Å². The largest absolute Gasteiger partial charge is 0.416 e. The minimum absolute atomic E-state index is 0.0139. The van der Waals surface area contributed by atoms with Gasteiger partial charge in [-0.15, -0.1) is 0 Å². The number of halogens is 4. The van der Waals surface area contributed by atoms with Crippen LogP contribution in [0.1, 0.15) is 21.5 Å². The van der Waals surface area contributed by atoms with Crippen LogP contribution in [0.2, 0.25) is 5.02 Å². The van der Waals surface area contributed by atoms with Gasteiger partial charge in [0, 0.05) is 22.0 Å². The van der Waals surface area contributed by atoms with Crippen LogP contribution in [-0.4, -0.2) is 10.1 Å². The van der Waals surface area contributed by atoms with Crippen LogP contribution in [0, 0.1) is 6.92 Å². The molecule has 0 saturated heterocycles. The normalized spacial score (nSPS) is 12.3. The first kappa shape index (κ1) is 21.9. The highest BCUT2D eigenvalue weighted by atomic mass is 35.5. The lowest BCUT2D eigenvalue weighted by atomic mass is 10.1. The number of nitrogens with one attached hydrogen (secondary N) is 2. The maximum Gasteiger partial charge on any atom is 0.416 e. The average Bonchev–Trinajstić information content (AvgIpc) is 2.69. The van der Waals surface area contributed by atoms with Crippen LogP contribution in [0.25, 0.3) is 0 Å². The van der Waals surface area contributed by atoms with Gasteiger partial charge in [0.25, 0.3) is 5.91 Å². The van der Waals surface area contributed by atoms with Crippen molar-refractivity contribution in [2.45, 2.75) is 18.0 Å². The molecule has 3 rings (SSSR count). The van der Waals surface area contributed by atoms with Crippen molar-refractivity contribution in [3.8, 4) is 0 Å². The van der Waals surface area contributed by atoms with Gasteiger partial charge in [-0.25, -0.2) is 4.21 Å². The van der Waals surface area contributed by atoms with Crippen molar-refractivity contribution in [2.75, 3.05) is 10.0 Å². The van der Waals surface area contributed by atoms with Crippen LogP contribution in [0.5, 0.6) is 0 Å². The molecule has 1 unspecified atom stereocenters. The van der Waals surface area contributed by atoms with Gasteiger partial charge in [-0.2, -0.15) is 13.2 Å². The Morgan fingerprint density at radius 2 is 1.67 bits per heavy atom. The van der Waals surface area contributed by atoms with E-state index in [1.54, 1.807) is 43.3 Å². The average molecular weight is 453 g/mol. The van der Waals surface area contributed by atoms with Gasteiger partial charge in [0.1, 0.15) is 11.0 Å². The highest BCUT2D eigenvalue weighted by Crippen LogP contribution is 2.31. The monoisotopic (exact) mass is 452 g/mol. The molecule has 0 bridgehead atoms. The Kier molecular flexibility index (Phi) is 6.48. The predicted molar refractivity (Wildman–Crippen MR) is 112 cm³/mol. The van der Waals surface area contributed by atoms with E-state index in [2.05, 4.69) is 10.0 Å². The van der Waals surface area contributed by atoms with Crippen molar-refractivity contribution in [2.24, 2.45) is 0 Å². The smallest absolute Gasteiger partial charge is 0.322 e. The fourth-order valence-electron chi connectivity index (χ4n) is 2.62. The molecule has 2 N–H and O–H groups in total. The number of benzene rings is 3. The Balaban J connectivity index is 1.80. The molecular weight excluding hydrogens is 437 g/mol. The van der Waals surface area contributed by atoms with E-state index in [-0.39, 0.29) is 11.3 Å². The Hall–Kier alpha value is -2.84. The fourth-order valence-corrected chi connectivity index (χ4v) is 3.63. The number of carbonyl (C=O) groups is 1. The zero-order valence-corrected chi connectivity index (χ0v) is 17.2. The van der Waals surface area contributed by atoms with Gasteiger partial charge in [0.05, 0.1) is 10.5 Å². The first-order valence-corrected chi connectivity index (χ1v) is 10.2. The Morgan fingerprint density at radius 1 is 0.967 bits per heavy atom. The molecule has 0 aromatic heterocycles. The van der Waals surface area contributed by atoms with Gasteiger partial charge in [0.15, 0.2) is 0 Å². The van der Waals surface area contributed by atoms with E-state index in [0.29, 0.717) is 21.2 Å². The van der Waals surface area contributed by atoms with Crippen molar-refractivity contribution < 1.29 is 22.2 Å². The number of aryl methyl sites for hydroxylation is 1. The third-order valence-corrected chi connectivity index (χ3v) is 5.53. The van der Waals surface area contributed by atoms with Crippen molar-refractivity contribution in [3.05, 3.63) is 88.4 Å². The molecule has 0 aliphatic rings. The van der Waals surface area contributed by atoms with Gasteiger partial charge in [-0.3, -0.25) is 4.79 Å². The van der Waals surface area contributed by atoms with Crippen molar-refractivity contribution in [1.82, 2.24) is 0 Å². The zero-order chi connectivity index (χ0) is 21.9. The van der Waals surface area contributed by atoms with E-state index in [1.165, 1.54) is 18.2 Å². The summed E-state index contributed by atoms with van der Waals surface area (Å²) in [5.41, 5.74) is 0.523. The maximum absolute atomic E-state index is 12.9. The van der Waals surface area contributed by atoms with E-state index in [0.717, 1.165) is 12.1 Å². The molecule has 1 atom stereocenters. The number of carbonyl (C=O) groups excluding carboxylic acids is 1. The van der Waals surface area contributed by atoms with Gasteiger partial charge >= 0.3 is 6.18 Å². The fraction of sp³-hybridized carbons (Fsp3) is 0.0952. The quantitative estimate of drug-likeness (QED) is 0.494. The molecule has 3 aromatic rings. The highest BCUT2D eigenvalue weighted by molar-refractivity contribution is 7.86. The molecule has 0 radical (unpaired) electrons. The first-order chi connectivity index (χ1) is 14.1. The minimum Gasteiger partial charge on any atom is -0.322 e. The molecule has 0 aliphatic heterocycles. The summed E-state index contributed by atoms with van der Waals surface area (Å²) in [4.78, 5) is 13.0. The molecule has 30 heavy (non-hydrogen) atoms. The summed E-state index contributed by atoms with van der Waals surface area (Å²) in [7, 11) is -1.66. The number of hydrogen-bond donors (Lipinski definition) is 2. The standard InChI is InChI=1S/C21H16ClF3N2O2S/c1-13-5-10-18(30(29)27-16-8-6-15(22)7-9-16)12-19(13)20(28)26-17-4-2-3-14(11-17)21(23,24)25/h2-12,27H,1H3,(H,26,28). The predicted octanol–water partition coefficient (Wildman–Crippen LogP) is 6.05. The van der Waals surface area contributed by atoms with Crippen molar-refractivity contribution in [1.29, 1.82) is 0 Å². The summed E-state index contributed by atoms with van der Waals surface area (Å²) in [6.07, 6.45) is -4.51. The number of alkyl halides is 3. The minimum atomic E-state index is -4.51. The van der Waals surface area contributed by atoms with Crippen LogP contribution in [0.15, 0.2) is 71.6 Å². The second kappa shape index (κ2) is 8.89. The Labute approximate surface area is 178 Å². The summed E-state index contributed by atoms with van der Waals surface area (Å²) in [5.74, 6) is -0.600. The molecule has 0 spiro atoms. The number of amides is 1. The third kappa shape index (κ3) is 5.40. The highest BCUT2D eigenvalue weighted by Gasteiger charge is 2.30. The van der Waals surface area contributed by atoms with E-state index >= 15 is 0 Å². The molecule has 3 aromatic carbocycles. The molecule has 156 valence electrons. The third-order valence-electron chi connectivity index (χ3n) is 4.17. The van der Waals surface area contributed by atoms with Gasteiger partial charge in [-0.1, -0.05) is 23.7 Å². The molecule has 4 nitrogen and oxygen atoms in total. The maximum atomic E-state index is 12.9. The summed E-state index contributed by atoms with van der Waals surface area (Å²) in [6.45, 7) is 1.68. The van der Waals surface area contributed by atoms with E-state index in [9.17, 15) is 22.2 Å².